The summed E-state index contributed by atoms with van der Waals surface area (Å²) in [5.41, 5.74) is 3.29. The lowest BCUT2D eigenvalue weighted by molar-refractivity contribution is -0.133. The number of amides is 1. The summed E-state index contributed by atoms with van der Waals surface area (Å²) >= 11 is 0. The maximum Gasteiger partial charge on any atom is 0.226 e. The van der Waals surface area contributed by atoms with Crippen LogP contribution in [-0.4, -0.2) is 40.0 Å². The number of hydrogen-bond donors (Lipinski definition) is 1. The van der Waals surface area contributed by atoms with Gasteiger partial charge in [-0.2, -0.15) is 0 Å². The molecule has 0 saturated carbocycles. The summed E-state index contributed by atoms with van der Waals surface area (Å²) in [6.07, 6.45) is 5.94. The molecule has 2 heterocycles. The summed E-state index contributed by atoms with van der Waals surface area (Å²) in [4.78, 5) is 21.3. The number of likely N-dealkylation sites (tertiary alicyclic amines) is 1. The van der Waals surface area contributed by atoms with E-state index in [0.29, 0.717) is 13.0 Å². The molecule has 1 saturated heterocycles. The zero-order chi connectivity index (χ0) is 16.1. The van der Waals surface area contributed by atoms with Gasteiger partial charge in [0.15, 0.2) is 0 Å². The maximum absolute atomic E-state index is 12.4. The highest BCUT2D eigenvalue weighted by atomic mass is 16.5. The van der Waals surface area contributed by atoms with E-state index >= 15 is 0 Å². The van der Waals surface area contributed by atoms with Gasteiger partial charge in [0.1, 0.15) is 0 Å². The Morgan fingerprint density at radius 1 is 1.30 bits per heavy atom. The molecule has 1 aromatic heterocycles. The fourth-order valence-corrected chi connectivity index (χ4v) is 2.84. The first kappa shape index (κ1) is 15.7. The van der Waals surface area contributed by atoms with Crippen LogP contribution in [0.1, 0.15) is 29.7 Å². The molecule has 0 spiro atoms. The van der Waals surface area contributed by atoms with Crippen LogP contribution in [0.3, 0.4) is 0 Å². The number of aryl methyl sites for hydroxylation is 1. The van der Waals surface area contributed by atoms with Crippen molar-refractivity contribution in [3.05, 3.63) is 53.6 Å². The number of aromatic nitrogens is 2. The molecule has 0 radical (unpaired) electrons. The van der Waals surface area contributed by atoms with Crippen molar-refractivity contribution in [2.24, 2.45) is 0 Å². The Bertz CT molecular complexity index is 614. The second-order valence-corrected chi connectivity index (χ2v) is 6.13. The number of benzene rings is 1. The second-order valence-electron chi connectivity index (χ2n) is 6.13. The fourth-order valence-electron chi connectivity index (χ4n) is 2.84. The first-order chi connectivity index (χ1) is 11.2. The molecule has 5 heteroatoms. The molecule has 5 nitrogen and oxygen atoms in total. The van der Waals surface area contributed by atoms with Crippen LogP contribution in [-0.2, 0) is 22.6 Å². The molecule has 1 aromatic carbocycles. The van der Waals surface area contributed by atoms with Gasteiger partial charge in [-0.15, -0.1) is 0 Å². The monoisotopic (exact) mass is 313 g/mol. The number of carbonyl (C=O) groups is 1. The van der Waals surface area contributed by atoms with Crippen LogP contribution in [0.4, 0.5) is 0 Å². The van der Waals surface area contributed by atoms with Crippen LogP contribution in [0.5, 0.6) is 0 Å². The van der Waals surface area contributed by atoms with Crippen molar-refractivity contribution in [1.82, 2.24) is 14.9 Å². The second kappa shape index (κ2) is 7.42. The highest BCUT2D eigenvalue weighted by Crippen LogP contribution is 2.16. The lowest BCUT2D eigenvalue weighted by Crippen LogP contribution is -2.41. The molecule has 1 amide bonds. The summed E-state index contributed by atoms with van der Waals surface area (Å²) in [6.45, 7) is 4.16. The Kier molecular flexibility index (Phi) is 5.08. The molecule has 0 bridgehead atoms. The highest BCUT2D eigenvalue weighted by Gasteiger charge is 2.23. The largest absolute Gasteiger partial charge is 0.372 e. The van der Waals surface area contributed by atoms with E-state index in [4.69, 9.17) is 4.74 Å². The third kappa shape index (κ3) is 4.42. The van der Waals surface area contributed by atoms with Gasteiger partial charge in [-0.3, -0.25) is 4.79 Å². The third-order valence-corrected chi connectivity index (χ3v) is 4.30. The van der Waals surface area contributed by atoms with Crippen LogP contribution in [0.15, 0.2) is 36.8 Å². The van der Waals surface area contributed by atoms with Crippen LogP contribution < -0.4 is 0 Å². The number of piperidine rings is 1. The average molecular weight is 313 g/mol. The number of hydrogen-bond acceptors (Lipinski definition) is 3. The third-order valence-electron chi connectivity index (χ3n) is 4.30. The van der Waals surface area contributed by atoms with Crippen molar-refractivity contribution < 1.29 is 9.53 Å². The van der Waals surface area contributed by atoms with Crippen LogP contribution >= 0.6 is 0 Å². The standard InChI is InChI=1S/C18H23N3O2/c1-14-2-4-15(5-3-14)10-18(22)21-8-6-17(7-9-21)23-12-16-11-19-13-20-16/h2-5,11,13,17H,6-10,12H2,1H3,(H,19,20). The number of rotatable bonds is 5. The van der Waals surface area contributed by atoms with Crippen molar-refractivity contribution >= 4 is 5.91 Å². The number of carbonyl (C=O) groups excluding carboxylic acids is 1. The van der Waals surface area contributed by atoms with Gasteiger partial charge in [0.2, 0.25) is 5.91 Å². The van der Waals surface area contributed by atoms with Gasteiger partial charge < -0.3 is 14.6 Å². The molecule has 1 fully saturated rings. The van der Waals surface area contributed by atoms with Gasteiger partial charge in [-0.05, 0) is 25.3 Å². The maximum atomic E-state index is 12.4. The molecule has 122 valence electrons. The first-order valence-electron chi connectivity index (χ1n) is 8.13. The minimum absolute atomic E-state index is 0.209. The zero-order valence-corrected chi connectivity index (χ0v) is 13.5. The van der Waals surface area contributed by atoms with Crippen LogP contribution in [0, 0.1) is 6.92 Å². The lowest BCUT2D eigenvalue weighted by atomic mass is 10.1. The van der Waals surface area contributed by atoms with E-state index in [1.807, 2.05) is 17.0 Å². The Balaban J connectivity index is 1.42. The van der Waals surface area contributed by atoms with E-state index in [0.717, 1.165) is 37.2 Å². The Hall–Kier alpha value is -2.14. The molecule has 23 heavy (non-hydrogen) atoms. The van der Waals surface area contributed by atoms with Gasteiger partial charge in [0.25, 0.3) is 0 Å². The number of ether oxygens (including phenoxy) is 1. The van der Waals surface area contributed by atoms with Crippen molar-refractivity contribution in [1.29, 1.82) is 0 Å². The van der Waals surface area contributed by atoms with Crippen molar-refractivity contribution in [2.45, 2.75) is 38.9 Å². The number of nitrogens with zero attached hydrogens (tertiary/aromatic N) is 2. The highest BCUT2D eigenvalue weighted by molar-refractivity contribution is 5.78. The van der Waals surface area contributed by atoms with E-state index in [1.54, 1.807) is 12.5 Å². The summed E-state index contributed by atoms with van der Waals surface area (Å²) in [7, 11) is 0. The first-order valence-corrected chi connectivity index (χ1v) is 8.13. The zero-order valence-electron chi connectivity index (χ0n) is 13.5. The van der Waals surface area contributed by atoms with E-state index in [2.05, 4.69) is 29.0 Å². The molecule has 1 aliphatic heterocycles. The fraction of sp³-hybridized carbons (Fsp3) is 0.444. The molecule has 0 atom stereocenters. The minimum atomic E-state index is 0.209. The topological polar surface area (TPSA) is 58.2 Å². The van der Waals surface area contributed by atoms with Gasteiger partial charge in [0, 0.05) is 13.1 Å². The smallest absolute Gasteiger partial charge is 0.226 e. The molecule has 0 aliphatic carbocycles. The normalized spacial score (nSPS) is 15.8. The predicted molar refractivity (Wildman–Crippen MR) is 87.9 cm³/mol. The van der Waals surface area contributed by atoms with Gasteiger partial charge in [-0.25, -0.2) is 4.98 Å². The molecule has 2 aromatic rings. The molecule has 1 aliphatic rings. The molecule has 1 N–H and O–H groups in total. The lowest BCUT2D eigenvalue weighted by Gasteiger charge is -2.32. The predicted octanol–water partition coefficient (Wildman–Crippen LogP) is 2.47. The van der Waals surface area contributed by atoms with Gasteiger partial charge >= 0.3 is 0 Å². The van der Waals surface area contributed by atoms with E-state index < -0.39 is 0 Å². The summed E-state index contributed by atoms with van der Waals surface area (Å²) in [6, 6.07) is 8.18. The van der Waals surface area contributed by atoms with E-state index in [-0.39, 0.29) is 12.0 Å². The van der Waals surface area contributed by atoms with E-state index in [1.165, 1.54) is 5.56 Å². The number of nitrogens with one attached hydrogen (secondary N) is 1. The number of H-pyrrole nitrogens is 1. The van der Waals surface area contributed by atoms with Gasteiger partial charge in [-0.1, -0.05) is 29.8 Å². The minimum Gasteiger partial charge on any atom is -0.372 e. The molecule has 0 unspecified atom stereocenters. The molecular weight excluding hydrogens is 290 g/mol. The van der Waals surface area contributed by atoms with Crippen LogP contribution in [0.25, 0.3) is 0 Å². The SMILES string of the molecule is Cc1ccc(CC(=O)N2CCC(OCc3cnc[nH]3)CC2)cc1. The molecular formula is C18H23N3O2. The Morgan fingerprint density at radius 2 is 2.04 bits per heavy atom. The Morgan fingerprint density at radius 3 is 2.70 bits per heavy atom. The quantitative estimate of drug-likeness (QED) is 0.922. The molecule has 3 rings (SSSR count). The van der Waals surface area contributed by atoms with Gasteiger partial charge in [0.05, 0.1) is 37.3 Å². The average Bonchev–Trinajstić information content (AvgIpc) is 3.09. The van der Waals surface area contributed by atoms with Crippen LogP contribution in [0.2, 0.25) is 0 Å². The number of aromatic amines is 1. The van der Waals surface area contributed by atoms with Crippen molar-refractivity contribution in [3.8, 4) is 0 Å². The van der Waals surface area contributed by atoms with Crippen molar-refractivity contribution in [3.63, 3.8) is 0 Å². The number of imidazole rings is 1. The van der Waals surface area contributed by atoms with E-state index in [9.17, 15) is 4.79 Å². The Labute approximate surface area is 136 Å². The summed E-state index contributed by atoms with van der Waals surface area (Å²) in [5, 5.41) is 0. The van der Waals surface area contributed by atoms with Crippen molar-refractivity contribution in [2.75, 3.05) is 13.1 Å². The summed E-state index contributed by atoms with van der Waals surface area (Å²) in [5.74, 6) is 0.209. The summed E-state index contributed by atoms with van der Waals surface area (Å²) < 4.78 is 5.88.